The summed E-state index contributed by atoms with van der Waals surface area (Å²) in [5.41, 5.74) is -0.415. The second kappa shape index (κ2) is 6.29. The molecule has 2 N–H and O–H groups in total. The van der Waals surface area contributed by atoms with Crippen LogP contribution in [0.25, 0.3) is 0 Å². The summed E-state index contributed by atoms with van der Waals surface area (Å²) in [4.78, 5) is 11.0. The lowest BCUT2D eigenvalue weighted by Gasteiger charge is -2.08. The molecule has 0 spiro atoms. The van der Waals surface area contributed by atoms with Gasteiger partial charge < -0.3 is 9.47 Å². The van der Waals surface area contributed by atoms with Crippen molar-refractivity contribution in [2.75, 3.05) is 20.3 Å². The molecular formula is C10H11ClFNO5S. The average molecular weight is 312 g/mol. The van der Waals surface area contributed by atoms with Gasteiger partial charge in [-0.3, -0.25) is 0 Å². The largest absolute Gasteiger partial charge is 0.460 e. The van der Waals surface area contributed by atoms with Gasteiger partial charge in [0.25, 0.3) is 0 Å². The van der Waals surface area contributed by atoms with Crippen molar-refractivity contribution in [3.8, 4) is 0 Å². The Morgan fingerprint density at radius 1 is 1.42 bits per heavy atom. The number of halogens is 2. The van der Waals surface area contributed by atoms with Crippen LogP contribution in [0.15, 0.2) is 17.0 Å². The Bertz CT molecular complexity index is 590. The van der Waals surface area contributed by atoms with Crippen molar-refractivity contribution in [3.63, 3.8) is 0 Å². The van der Waals surface area contributed by atoms with Gasteiger partial charge in [-0.25, -0.2) is 22.7 Å². The van der Waals surface area contributed by atoms with E-state index in [1.165, 1.54) is 7.11 Å². The number of carbonyl (C=O) groups is 1. The minimum atomic E-state index is -4.15. The Balaban J connectivity index is 3.13. The van der Waals surface area contributed by atoms with Gasteiger partial charge in [0, 0.05) is 7.11 Å². The van der Waals surface area contributed by atoms with Crippen LogP contribution in [0.3, 0.4) is 0 Å². The Kier molecular flexibility index (Phi) is 5.24. The lowest BCUT2D eigenvalue weighted by molar-refractivity contribution is 0.0387. The third-order valence-electron chi connectivity index (χ3n) is 2.07. The molecule has 0 radical (unpaired) electrons. The fraction of sp³-hybridized carbons (Fsp3) is 0.300. The van der Waals surface area contributed by atoms with Gasteiger partial charge in [0.05, 0.1) is 22.1 Å². The minimum Gasteiger partial charge on any atom is -0.460 e. The van der Waals surface area contributed by atoms with Gasteiger partial charge in [-0.05, 0) is 12.1 Å². The Morgan fingerprint density at radius 2 is 2.05 bits per heavy atom. The van der Waals surface area contributed by atoms with Crippen molar-refractivity contribution >= 4 is 27.6 Å². The van der Waals surface area contributed by atoms with Gasteiger partial charge in [0.2, 0.25) is 10.0 Å². The predicted octanol–water partition coefficient (Wildman–Crippen LogP) is 0.930. The van der Waals surface area contributed by atoms with Crippen LogP contribution in [-0.4, -0.2) is 34.7 Å². The van der Waals surface area contributed by atoms with E-state index in [-0.39, 0.29) is 13.2 Å². The summed E-state index contributed by atoms with van der Waals surface area (Å²) in [5, 5.41) is 4.32. The van der Waals surface area contributed by atoms with Crippen LogP contribution in [0.2, 0.25) is 5.02 Å². The van der Waals surface area contributed by atoms with Crippen LogP contribution >= 0.6 is 11.6 Å². The molecule has 0 aliphatic rings. The number of esters is 1. The van der Waals surface area contributed by atoms with Crippen molar-refractivity contribution in [2.24, 2.45) is 5.14 Å². The first-order chi connectivity index (χ1) is 8.77. The molecule has 19 heavy (non-hydrogen) atoms. The molecule has 0 atom stereocenters. The molecule has 1 rings (SSSR count). The molecule has 1 aromatic carbocycles. The number of hydrogen-bond acceptors (Lipinski definition) is 5. The molecule has 0 saturated heterocycles. The van der Waals surface area contributed by atoms with E-state index in [1.807, 2.05) is 0 Å². The smallest absolute Gasteiger partial charge is 0.339 e. The number of nitrogens with two attached hydrogens (primary N) is 1. The lowest BCUT2D eigenvalue weighted by Crippen LogP contribution is -2.16. The van der Waals surface area contributed by atoms with E-state index < -0.39 is 37.3 Å². The highest BCUT2D eigenvalue weighted by molar-refractivity contribution is 7.89. The van der Waals surface area contributed by atoms with Crippen molar-refractivity contribution in [2.45, 2.75) is 4.90 Å². The maximum absolute atomic E-state index is 13.4. The molecule has 0 aliphatic carbocycles. The molecule has 0 bridgehead atoms. The van der Waals surface area contributed by atoms with Crippen LogP contribution < -0.4 is 5.14 Å². The molecule has 0 amide bonds. The lowest BCUT2D eigenvalue weighted by atomic mass is 10.2. The maximum Gasteiger partial charge on any atom is 0.339 e. The molecule has 0 aliphatic heterocycles. The fourth-order valence-corrected chi connectivity index (χ4v) is 1.91. The highest BCUT2D eigenvalue weighted by Crippen LogP contribution is 2.24. The summed E-state index contributed by atoms with van der Waals surface area (Å²) in [6, 6.07) is 1.49. The quantitative estimate of drug-likeness (QED) is 0.644. The SMILES string of the molecule is COCCOC(=O)c1cc(S(N)(=O)=O)cc(F)c1Cl. The number of primary sulfonamides is 1. The first kappa shape index (κ1) is 15.8. The molecule has 0 fully saturated rings. The Morgan fingerprint density at radius 3 is 2.58 bits per heavy atom. The highest BCUT2D eigenvalue weighted by Gasteiger charge is 2.20. The molecular weight excluding hydrogens is 301 g/mol. The average Bonchev–Trinajstić information content (AvgIpc) is 2.31. The predicted molar refractivity (Wildman–Crippen MR) is 64.9 cm³/mol. The zero-order chi connectivity index (χ0) is 14.6. The summed E-state index contributed by atoms with van der Waals surface area (Å²) in [7, 11) is -2.75. The van der Waals surface area contributed by atoms with Gasteiger partial charge in [0.15, 0.2) is 0 Å². The molecule has 1 aromatic rings. The summed E-state index contributed by atoms with van der Waals surface area (Å²) < 4.78 is 45.1. The molecule has 106 valence electrons. The Hall–Kier alpha value is -1.22. The summed E-state index contributed by atoms with van der Waals surface area (Å²) >= 11 is 5.58. The van der Waals surface area contributed by atoms with Crippen molar-refractivity contribution in [3.05, 3.63) is 28.5 Å². The summed E-state index contributed by atoms with van der Waals surface area (Å²) in [6.45, 7) is 0.0631. The molecule has 0 heterocycles. The van der Waals surface area contributed by atoms with E-state index in [0.29, 0.717) is 6.07 Å². The first-order valence-electron chi connectivity index (χ1n) is 4.95. The Labute approximate surface area is 114 Å². The van der Waals surface area contributed by atoms with E-state index in [1.54, 1.807) is 0 Å². The number of hydrogen-bond donors (Lipinski definition) is 1. The van der Waals surface area contributed by atoms with E-state index in [0.717, 1.165) is 6.07 Å². The number of methoxy groups -OCH3 is 1. The number of benzene rings is 1. The summed E-state index contributed by atoms with van der Waals surface area (Å²) in [5.74, 6) is -2.04. The van der Waals surface area contributed by atoms with Crippen LogP contribution in [0, 0.1) is 5.82 Å². The third-order valence-corrected chi connectivity index (χ3v) is 3.35. The molecule has 0 saturated carbocycles. The topological polar surface area (TPSA) is 95.7 Å². The first-order valence-corrected chi connectivity index (χ1v) is 6.87. The molecule has 0 unspecified atom stereocenters. The summed E-state index contributed by atoms with van der Waals surface area (Å²) in [6.07, 6.45) is 0. The second-order valence-electron chi connectivity index (χ2n) is 3.44. The van der Waals surface area contributed by atoms with Crippen LogP contribution in [0.5, 0.6) is 0 Å². The number of carbonyl (C=O) groups excluding carboxylic acids is 1. The standard InChI is InChI=1S/C10H11ClFNO5S/c1-17-2-3-18-10(14)7-4-6(19(13,15)16)5-8(12)9(7)11/h4-5H,2-3H2,1H3,(H2,13,15,16). The van der Waals surface area contributed by atoms with Gasteiger partial charge in [0.1, 0.15) is 12.4 Å². The molecule has 0 aromatic heterocycles. The van der Waals surface area contributed by atoms with Gasteiger partial charge in [-0.2, -0.15) is 0 Å². The van der Waals surface area contributed by atoms with Crippen LogP contribution in [-0.2, 0) is 19.5 Å². The highest BCUT2D eigenvalue weighted by atomic mass is 35.5. The van der Waals surface area contributed by atoms with E-state index >= 15 is 0 Å². The fourth-order valence-electron chi connectivity index (χ4n) is 1.17. The second-order valence-corrected chi connectivity index (χ2v) is 5.38. The van der Waals surface area contributed by atoms with Crippen molar-refractivity contribution in [1.82, 2.24) is 0 Å². The van der Waals surface area contributed by atoms with Gasteiger partial charge in [-0.1, -0.05) is 11.6 Å². The third kappa shape index (κ3) is 4.13. The van der Waals surface area contributed by atoms with Gasteiger partial charge >= 0.3 is 5.97 Å². The minimum absolute atomic E-state index is 0.0765. The van der Waals surface area contributed by atoms with E-state index in [9.17, 15) is 17.6 Å². The van der Waals surface area contributed by atoms with E-state index in [2.05, 4.69) is 4.74 Å². The van der Waals surface area contributed by atoms with Crippen LogP contribution in [0.4, 0.5) is 4.39 Å². The number of ether oxygens (including phenoxy) is 2. The van der Waals surface area contributed by atoms with Crippen molar-refractivity contribution < 1.29 is 27.1 Å². The molecule has 9 heteroatoms. The zero-order valence-electron chi connectivity index (χ0n) is 9.85. The van der Waals surface area contributed by atoms with Gasteiger partial charge in [-0.15, -0.1) is 0 Å². The monoisotopic (exact) mass is 311 g/mol. The molecule has 6 nitrogen and oxygen atoms in total. The number of sulfonamides is 1. The normalized spacial score (nSPS) is 11.4. The van der Waals surface area contributed by atoms with Crippen molar-refractivity contribution in [1.29, 1.82) is 0 Å². The number of rotatable bonds is 5. The van der Waals surface area contributed by atoms with Crippen LogP contribution in [0.1, 0.15) is 10.4 Å². The van der Waals surface area contributed by atoms with E-state index in [4.69, 9.17) is 21.5 Å². The maximum atomic E-state index is 13.4. The zero-order valence-corrected chi connectivity index (χ0v) is 11.4.